The molecule has 0 bridgehead atoms. The van der Waals surface area contributed by atoms with Crippen LogP contribution in [-0.2, 0) is 4.74 Å². The first-order valence-corrected chi connectivity index (χ1v) is 7.54. The number of hydrogen-bond acceptors (Lipinski definition) is 5. The summed E-state index contributed by atoms with van der Waals surface area (Å²) >= 11 is 0. The van der Waals surface area contributed by atoms with Gasteiger partial charge in [0.15, 0.2) is 17.3 Å². The molecule has 2 aromatic carbocycles. The van der Waals surface area contributed by atoms with Crippen molar-refractivity contribution in [3.05, 3.63) is 59.5 Å². The molecule has 0 N–H and O–H groups in total. The lowest BCUT2D eigenvalue weighted by molar-refractivity contribution is 0.0601. The van der Waals surface area contributed by atoms with Crippen LogP contribution in [-0.4, -0.2) is 25.2 Å². The number of carbonyl (C=O) groups excluding carboxylic acids is 1. The van der Waals surface area contributed by atoms with Gasteiger partial charge in [-0.25, -0.2) is 14.2 Å². The third kappa shape index (κ3) is 2.98. The van der Waals surface area contributed by atoms with Gasteiger partial charge in [-0.1, -0.05) is 18.2 Å². The van der Waals surface area contributed by atoms with Crippen LogP contribution < -0.4 is 4.74 Å². The van der Waals surface area contributed by atoms with E-state index in [1.54, 1.807) is 43.3 Å². The molecule has 3 rings (SSSR count). The van der Waals surface area contributed by atoms with Gasteiger partial charge in [-0.2, -0.15) is 0 Å². The van der Waals surface area contributed by atoms with Crippen LogP contribution in [0, 0.1) is 12.7 Å². The number of carbonyl (C=O) groups is 1. The molecule has 0 spiro atoms. The Hall–Kier alpha value is -3.15. The molecule has 6 heteroatoms. The Morgan fingerprint density at radius 1 is 1.08 bits per heavy atom. The van der Waals surface area contributed by atoms with Crippen molar-refractivity contribution in [3.8, 4) is 28.5 Å². The van der Waals surface area contributed by atoms with Crippen LogP contribution >= 0.6 is 0 Å². The van der Waals surface area contributed by atoms with E-state index in [0.717, 1.165) is 0 Å². The molecule has 0 unspecified atom stereocenters. The highest BCUT2D eigenvalue weighted by Crippen LogP contribution is 2.35. The van der Waals surface area contributed by atoms with E-state index in [0.29, 0.717) is 16.8 Å². The molecule has 25 heavy (non-hydrogen) atoms. The molecule has 0 aliphatic heterocycles. The van der Waals surface area contributed by atoms with Crippen molar-refractivity contribution < 1.29 is 23.1 Å². The van der Waals surface area contributed by atoms with E-state index in [1.165, 1.54) is 20.3 Å². The van der Waals surface area contributed by atoms with Gasteiger partial charge < -0.3 is 13.9 Å². The number of aromatic nitrogens is 1. The van der Waals surface area contributed by atoms with Crippen LogP contribution in [0.15, 0.2) is 46.9 Å². The number of aryl methyl sites for hydroxylation is 1. The second-order valence-electron chi connectivity index (χ2n) is 5.29. The minimum Gasteiger partial charge on any atom is -0.494 e. The molecule has 3 aromatic rings. The molecule has 5 nitrogen and oxygen atoms in total. The summed E-state index contributed by atoms with van der Waals surface area (Å²) in [7, 11) is 2.70. The van der Waals surface area contributed by atoms with Crippen LogP contribution in [0.1, 0.15) is 16.1 Å². The van der Waals surface area contributed by atoms with Crippen LogP contribution in [0.25, 0.3) is 22.8 Å². The minimum absolute atomic E-state index is 0.116. The Morgan fingerprint density at radius 3 is 2.52 bits per heavy atom. The van der Waals surface area contributed by atoms with Gasteiger partial charge in [0.2, 0.25) is 5.89 Å². The summed E-state index contributed by atoms with van der Waals surface area (Å²) < 4.78 is 30.1. The molecule has 0 saturated carbocycles. The molecule has 128 valence electrons. The van der Waals surface area contributed by atoms with E-state index in [-0.39, 0.29) is 23.0 Å². The van der Waals surface area contributed by atoms with Gasteiger partial charge in [0.1, 0.15) is 0 Å². The van der Waals surface area contributed by atoms with Crippen molar-refractivity contribution in [1.29, 1.82) is 0 Å². The number of benzene rings is 2. The Bertz CT molecular complexity index is 933. The summed E-state index contributed by atoms with van der Waals surface area (Å²) in [5, 5.41) is 0. The zero-order valence-electron chi connectivity index (χ0n) is 14.0. The highest BCUT2D eigenvalue weighted by molar-refractivity contribution is 5.96. The lowest BCUT2D eigenvalue weighted by Crippen LogP contribution is -2.03. The van der Waals surface area contributed by atoms with Gasteiger partial charge in [-0.3, -0.25) is 0 Å². The molecule has 0 aliphatic rings. The van der Waals surface area contributed by atoms with Crippen molar-refractivity contribution in [2.24, 2.45) is 0 Å². The minimum atomic E-state index is -0.531. The summed E-state index contributed by atoms with van der Waals surface area (Å²) in [5.74, 6) is -0.413. The van der Waals surface area contributed by atoms with Gasteiger partial charge in [0.25, 0.3) is 0 Å². The zero-order chi connectivity index (χ0) is 18.0. The van der Waals surface area contributed by atoms with Crippen molar-refractivity contribution in [2.45, 2.75) is 6.92 Å². The molecular weight excluding hydrogens is 325 g/mol. The second kappa shape index (κ2) is 6.76. The maximum absolute atomic E-state index is 14.5. The Balaban J connectivity index is 2.13. The van der Waals surface area contributed by atoms with Crippen molar-refractivity contribution in [1.82, 2.24) is 4.98 Å². The predicted octanol–water partition coefficient (Wildman–Crippen LogP) is 4.25. The van der Waals surface area contributed by atoms with Crippen molar-refractivity contribution >= 4 is 5.97 Å². The number of rotatable bonds is 4. The lowest BCUT2D eigenvalue weighted by Gasteiger charge is -2.06. The van der Waals surface area contributed by atoms with Crippen LogP contribution in [0.5, 0.6) is 5.75 Å². The Kier molecular flexibility index (Phi) is 4.52. The first kappa shape index (κ1) is 16.7. The number of esters is 1. The van der Waals surface area contributed by atoms with Crippen molar-refractivity contribution in [3.63, 3.8) is 0 Å². The van der Waals surface area contributed by atoms with Gasteiger partial charge >= 0.3 is 5.97 Å². The van der Waals surface area contributed by atoms with E-state index in [9.17, 15) is 9.18 Å². The quantitative estimate of drug-likeness (QED) is 0.664. The molecule has 0 fully saturated rings. The molecule has 1 aromatic heterocycles. The van der Waals surface area contributed by atoms with E-state index in [4.69, 9.17) is 13.9 Å². The van der Waals surface area contributed by atoms with E-state index < -0.39 is 11.8 Å². The number of halogens is 1. The van der Waals surface area contributed by atoms with E-state index in [2.05, 4.69) is 4.98 Å². The highest BCUT2D eigenvalue weighted by atomic mass is 19.1. The Labute approximate surface area is 144 Å². The monoisotopic (exact) mass is 341 g/mol. The molecule has 0 atom stereocenters. The normalized spacial score (nSPS) is 10.6. The number of ether oxygens (including phenoxy) is 2. The SMILES string of the molecule is COC(=O)c1ccccc1-c1nc(C)c(-c2cccc(OC)c2F)o1. The summed E-state index contributed by atoms with van der Waals surface area (Å²) in [5.41, 5.74) is 1.55. The van der Waals surface area contributed by atoms with Crippen molar-refractivity contribution in [2.75, 3.05) is 14.2 Å². The van der Waals surface area contributed by atoms with Gasteiger partial charge in [0, 0.05) is 0 Å². The third-order valence-electron chi connectivity index (χ3n) is 3.79. The fourth-order valence-corrected chi connectivity index (χ4v) is 2.56. The lowest BCUT2D eigenvalue weighted by atomic mass is 10.1. The maximum atomic E-state index is 14.5. The van der Waals surface area contributed by atoms with Crippen LogP contribution in [0.3, 0.4) is 0 Å². The Morgan fingerprint density at radius 2 is 1.80 bits per heavy atom. The van der Waals surface area contributed by atoms with Gasteiger partial charge in [-0.05, 0) is 31.2 Å². The van der Waals surface area contributed by atoms with Gasteiger partial charge in [0.05, 0.1) is 36.6 Å². The van der Waals surface area contributed by atoms with Crippen LogP contribution in [0.2, 0.25) is 0 Å². The third-order valence-corrected chi connectivity index (χ3v) is 3.79. The summed E-state index contributed by atoms with van der Waals surface area (Å²) in [6.07, 6.45) is 0. The highest BCUT2D eigenvalue weighted by Gasteiger charge is 2.21. The zero-order valence-corrected chi connectivity index (χ0v) is 14.0. The summed E-state index contributed by atoms with van der Waals surface area (Å²) in [6, 6.07) is 11.6. The fraction of sp³-hybridized carbons (Fsp3) is 0.158. The van der Waals surface area contributed by atoms with E-state index in [1.807, 2.05) is 0 Å². The van der Waals surface area contributed by atoms with Gasteiger partial charge in [-0.15, -0.1) is 0 Å². The number of oxazole rings is 1. The summed E-state index contributed by atoms with van der Waals surface area (Å²) in [4.78, 5) is 16.3. The van der Waals surface area contributed by atoms with E-state index >= 15 is 0 Å². The second-order valence-corrected chi connectivity index (χ2v) is 5.29. The summed E-state index contributed by atoms with van der Waals surface area (Å²) in [6.45, 7) is 1.71. The molecule has 0 amide bonds. The maximum Gasteiger partial charge on any atom is 0.338 e. The fourth-order valence-electron chi connectivity index (χ4n) is 2.56. The molecule has 0 aliphatic carbocycles. The average Bonchev–Trinajstić information content (AvgIpc) is 3.02. The first-order chi connectivity index (χ1) is 12.1. The average molecular weight is 341 g/mol. The number of methoxy groups -OCH3 is 2. The largest absolute Gasteiger partial charge is 0.494 e. The molecular formula is C19H16FNO4. The standard InChI is InChI=1S/C19H16FNO4/c1-11-17(14-9-6-10-15(23-2)16(14)20)25-18(21-11)12-7-4-5-8-13(12)19(22)24-3/h4-10H,1-3H3. The topological polar surface area (TPSA) is 61.6 Å². The molecule has 1 heterocycles. The molecule has 0 radical (unpaired) electrons. The smallest absolute Gasteiger partial charge is 0.338 e. The molecule has 0 saturated heterocycles. The van der Waals surface area contributed by atoms with Crippen LogP contribution in [0.4, 0.5) is 4.39 Å². The predicted molar refractivity (Wildman–Crippen MR) is 90.0 cm³/mol. The first-order valence-electron chi connectivity index (χ1n) is 7.54. The number of hydrogen-bond donors (Lipinski definition) is 0. The number of nitrogens with zero attached hydrogens (tertiary/aromatic N) is 1.